The van der Waals surface area contributed by atoms with Crippen LogP contribution in [0.2, 0.25) is 0 Å². The molecule has 1 aromatic carbocycles. The van der Waals surface area contributed by atoms with Gasteiger partial charge < -0.3 is 4.74 Å². The number of Topliss-reactive ketones (excluding diaryl/α,β-unsaturated/α-hetero) is 1. The molecule has 3 rings (SSSR count). The zero-order valence-electron chi connectivity index (χ0n) is 18.1. The molecule has 0 aliphatic heterocycles. The number of aryl methyl sites for hydroxylation is 1. The standard InChI is InChI=1S/C21H23FN4O4S/c1-21(2,3)19-23-16-15(18(28)26(5)20(29)25(16)4)17(24-19)31-10-13(27)12-9-11(22)7-8-14(12)30-6/h7-9H,10H2,1-6H3. The highest BCUT2D eigenvalue weighted by atomic mass is 32.2. The lowest BCUT2D eigenvalue weighted by Crippen LogP contribution is -2.38. The zero-order chi connectivity index (χ0) is 23.1. The Morgan fingerprint density at radius 3 is 2.45 bits per heavy atom. The van der Waals surface area contributed by atoms with Crippen LogP contribution in [0, 0.1) is 5.82 Å². The van der Waals surface area contributed by atoms with Gasteiger partial charge in [0.2, 0.25) is 0 Å². The van der Waals surface area contributed by atoms with Crippen LogP contribution in [0.15, 0.2) is 32.8 Å². The van der Waals surface area contributed by atoms with Crippen molar-refractivity contribution in [1.29, 1.82) is 0 Å². The first kappa shape index (κ1) is 22.7. The monoisotopic (exact) mass is 446 g/mol. The number of rotatable bonds is 5. The van der Waals surface area contributed by atoms with Gasteiger partial charge in [0.1, 0.15) is 27.8 Å². The lowest BCUT2D eigenvalue weighted by molar-refractivity contribution is 0.101. The minimum Gasteiger partial charge on any atom is -0.496 e. The molecule has 2 aromatic heterocycles. The van der Waals surface area contributed by atoms with Gasteiger partial charge in [-0.05, 0) is 18.2 Å². The van der Waals surface area contributed by atoms with Gasteiger partial charge in [0.05, 0.1) is 18.4 Å². The van der Waals surface area contributed by atoms with Gasteiger partial charge >= 0.3 is 5.69 Å². The Balaban J connectivity index is 2.13. The minimum absolute atomic E-state index is 0.102. The fourth-order valence-corrected chi connectivity index (χ4v) is 3.88. The number of ether oxygens (including phenoxy) is 1. The summed E-state index contributed by atoms with van der Waals surface area (Å²) in [5.74, 6) is -0.357. The number of hydrogen-bond acceptors (Lipinski definition) is 7. The maximum absolute atomic E-state index is 13.7. The molecule has 0 atom stereocenters. The smallest absolute Gasteiger partial charge is 0.332 e. The Morgan fingerprint density at radius 2 is 1.84 bits per heavy atom. The molecule has 0 unspecified atom stereocenters. The van der Waals surface area contributed by atoms with E-state index in [1.807, 2.05) is 20.8 Å². The van der Waals surface area contributed by atoms with Gasteiger partial charge in [-0.1, -0.05) is 32.5 Å². The Labute approximate surface area is 182 Å². The first-order valence-electron chi connectivity index (χ1n) is 9.43. The van der Waals surface area contributed by atoms with E-state index in [0.717, 1.165) is 22.4 Å². The van der Waals surface area contributed by atoms with E-state index in [-0.39, 0.29) is 38.9 Å². The molecule has 10 heteroatoms. The summed E-state index contributed by atoms with van der Waals surface area (Å²) in [6, 6.07) is 3.71. The third-order valence-corrected chi connectivity index (χ3v) is 5.71. The number of aromatic nitrogens is 4. The number of thioether (sulfide) groups is 1. The summed E-state index contributed by atoms with van der Waals surface area (Å²) in [7, 11) is 4.30. The first-order valence-corrected chi connectivity index (χ1v) is 10.4. The highest BCUT2D eigenvalue weighted by Crippen LogP contribution is 2.28. The number of carbonyl (C=O) groups excluding carboxylic acids is 1. The zero-order valence-corrected chi connectivity index (χ0v) is 19.0. The quantitative estimate of drug-likeness (QED) is 0.337. The molecule has 0 aliphatic carbocycles. The van der Waals surface area contributed by atoms with Crippen LogP contribution in [0.4, 0.5) is 4.39 Å². The molecule has 3 aromatic rings. The van der Waals surface area contributed by atoms with Crippen molar-refractivity contribution in [3.05, 3.63) is 56.2 Å². The van der Waals surface area contributed by atoms with Crippen LogP contribution in [0.25, 0.3) is 11.0 Å². The molecule has 0 amide bonds. The van der Waals surface area contributed by atoms with E-state index in [1.54, 1.807) is 0 Å². The number of fused-ring (bicyclic) bond motifs is 1. The second kappa shape index (κ2) is 8.26. The maximum atomic E-state index is 13.7. The number of halogens is 1. The van der Waals surface area contributed by atoms with Crippen LogP contribution in [0.3, 0.4) is 0 Å². The molecule has 8 nitrogen and oxygen atoms in total. The van der Waals surface area contributed by atoms with E-state index in [4.69, 9.17) is 4.74 Å². The van der Waals surface area contributed by atoms with Gasteiger partial charge in [0.15, 0.2) is 11.4 Å². The average molecular weight is 447 g/mol. The Morgan fingerprint density at radius 1 is 1.16 bits per heavy atom. The van der Waals surface area contributed by atoms with Crippen LogP contribution < -0.4 is 16.0 Å². The van der Waals surface area contributed by atoms with Crippen molar-refractivity contribution in [2.45, 2.75) is 31.2 Å². The Hall–Kier alpha value is -3.01. The molecule has 0 saturated heterocycles. The lowest BCUT2D eigenvalue weighted by Gasteiger charge is -2.19. The molecule has 0 saturated carbocycles. The van der Waals surface area contributed by atoms with Crippen molar-refractivity contribution >= 4 is 28.6 Å². The number of benzene rings is 1. The normalized spacial score (nSPS) is 11.7. The van der Waals surface area contributed by atoms with E-state index in [0.29, 0.717) is 5.82 Å². The van der Waals surface area contributed by atoms with E-state index in [9.17, 15) is 18.8 Å². The van der Waals surface area contributed by atoms with E-state index in [1.165, 1.54) is 37.9 Å². The highest BCUT2D eigenvalue weighted by molar-refractivity contribution is 8.00. The lowest BCUT2D eigenvalue weighted by atomic mass is 9.96. The summed E-state index contributed by atoms with van der Waals surface area (Å²) in [6.07, 6.45) is 0. The van der Waals surface area contributed by atoms with Crippen molar-refractivity contribution in [2.75, 3.05) is 12.9 Å². The summed E-state index contributed by atoms with van der Waals surface area (Å²) < 4.78 is 21.1. The van der Waals surface area contributed by atoms with Gasteiger partial charge in [-0.15, -0.1) is 0 Å². The van der Waals surface area contributed by atoms with Gasteiger partial charge in [0.25, 0.3) is 5.56 Å². The van der Waals surface area contributed by atoms with Crippen LogP contribution >= 0.6 is 11.8 Å². The molecular formula is C21H23FN4O4S. The largest absolute Gasteiger partial charge is 0.496 e. The SMILES string of the molecule is COc1ccc(F)cc1C(=O)CSc1nc(C(C)(C)C)nc2c1c(=O)n(C)c(=O)n2C. The molecular weight excluding hydrogens is 423 g/mol. The Bertz CT molecular complexity index is 1310. The average Bonchev–Trinajstić information content (AvgIpc) is 2.73. The van der Waals surface area contributed by atoms with Crippen molar-refractivity contribution < 1.29 is 13.9 Å². The van der Waals surface area contributed by atoms with Crippen LogP contribution in [-0.4, -0.2) is 37.7 Å². The molecule has 0 fully saturated rings. The molecule has 0 radical (unpaired) electrons. The summed E-state index contributed by atoms with van der Waals surface area (Å²) in [4.78, 5) is 47.0. The first-order chi connectivity index (χ1) is 14.5. The van der Waals surface area contributed by atoms with Gasteiger partial charge in [0, 0.05) is 19.5 Å². The number of methoxy groups -OCH3 is 1. The number of ketones is 1. The Kier molecular flexibility index (Phi) is 6.04. The summed E-state index contributed by atoms with van der Waals surface area (Å²) in [6.45, 7) is 5.72. The third-order valence-electron chi connectivity index (χ3n) is 4.74. The molecule has 2 heterocycles. The van der Waals surface area contributed by atoms with Gasteiger partial charge in [-0.25, -0.2) is 19.2 Å². The molecule has 31 heavy (non-hydrogen) atoms. The number of carbonyl (C=O) groups is 1. The van der Waals surface area contributed by atoms with Gasteiger partial charge in [-0.2, -0.15) is 0 Å². The second-order valence-corrected chi connectivity index (χ2v) is 9.03. The number of hydrogen-bond donors (Lipinski definition) is 0. The van der Waals surface area contributed by atoms with Crippen molar-refractivity contribution in [2.24, 2.45) is 14.1 Å². The predicted molar refractivity (Wildman–Crippen MR) is 117 cm³/mol. The van der Waals surface area contributed by atoms with Crippen molar-refractivity contribution in [3.8, 4) is 5.75 Å². The van der Waals surface area contributed by atoms with Crippen LogP contribution in [0.5, 0.6) is 5.75 Å². The number of nitrogens with zero attached hydrogens (tertiary/aromatic N) is 4. The fraction of sp³-hybridized carbons (Fsp3) is 0.381. The maximum Gasteiger partial charge on any atom is 0.332 e. The third kappa shape index (κ3) is 4.25. The summed E-state index contributed by atoms with van der Waals surface area (Å²) in [5.41, 5.74) is -1.21. The predicted octanol–water partition coefficient (Wildman–Crippen LogP) is 2.45. The van der Waals surface area contributed by atoms with Crippen LogP contribution in [0.1, 0.15) is 37.0 Å². The summed E-state index contributed by atoms with van der Waals surface area (Å²) in [5, 5.41) is 0.441. The fourth-order valence-electron chi connectivity index (χ4n) is 2.98. The van der Waals surface area contributed by atoms with E-state index >= 15 is 0 Å². The van der Waals surface area contributed by atoms with Crippen LogP contribution in [-0.2, 0) is 19.5 Å². The molecule has 164 valence electrons. The molecule has 0 aliphatic rings. The van der Waals surface area contributed by atoms with E-state index in [2.05, 4.69) is 9.97 Å². The molecule has 0 bridgehead atoms. The molecule has 0 spiro atoms. The highest BCUT2D eigenvalue weighted by Gasteiger charge is 2.24. The minimum atomic E-state index is -0.555. The summed E-state index contributed by atoms with van der Waals surface area (Å²) >= 11 is 1.04. The molecule has 0 N–H and O–H groups in total. The van der Waals surface area contributed by atoms with Crippen molar-refractivity contribution in [1.82, 2.24) is 19.1 Å². The van der Waals surface area contributed by atoms with E-state index < -0.39 is 22.5 Å². The topological polar surface area (TPSA) is 96.1 Å². The van der Waals surface area contributed by atoms with Gasteiger partial charge in [-0.3, -0.25) is 18.7 Å². The second-order valence-electron chi connectivity index (χ2n) is 8.06. The van der Waals surface area contributed by atoms with Crippen molar-refractivity contribution in [3.63, 3.8) is 0 Å².